The average molecular weight is 731 g/mol. The lowest BCUT2D eigenvalue weighted by Gasteiger charge is -2.55. The van der Waals surface area contributed by atoms with E-state index in [0.29, 0.717) is 29.7 Å². The predicted molar refractivity (Wildman–Crippen MR) is 193 cm³/mol. The van der Waals surface area contributed by atoms with Crippen molar-refractivity contribution in [3.8, 4) is 0 Å². The lowest BCUT2D eigenvalue weighted by Crippen LogP contribution is -2.76. The zero-order chi connectivity index (χ0) is 36.7. The monoisotopic (exact) mass is 730 g/mol. The van der Waals surface area contributed by atoms with Crippen molar-refractivity contribution in [1.82, 2.24) is 4.90 Å². The van der Waals surface area contributed by atoms with E-state index in [1.54, 1.807) is 19.1 Å². The number of carboxylic acid groups (broad SMARTS) is 1. The molecular formula is C38H46N6O7S+2. The highest BCUT2D eigenvalue weighted by Gasteiger charge is 2.59. The number of rotatable bonds is 11. The van der Waals surface area contributed by atoms with Gasteiger partial charge in [0.1, 0.15) is 39.3 Å². The number of hydrogen-bond donors (Lipinski definition) is 3. The molecule has 4 saturated heterocycles. The number of nitrogens with two attached hydrogens (primary N) is 1. The van der Waals surface area contributed by atoms with Gasteiger partial charge in [-0.3, -0.25) is 13.9 Å². The third-order valence-corrected chi connectivity index (χ3v) is 14.5. The Bertz CT molecular complexity index is 2130. The third-order valence-electron chi connectivity index (χ3n) is 12.7. The summed E-state index contributed by atoms with van der Waals surface area (Å²) in [4.78, 5) is 39.6. The van der Waals surface area contributed by atoms with Gasteiger partial charge in [0.25, 0.3) is 15.9 Å². The molecule has 3 aromatic carbocycles. The Balaban J connectivity index is 0.00000435. The summed E-state index contributed by atoms with van der Waals surface area (Å²) in [6.45, 7) is 10.6. The molecule has 13 nitrogen and oxygen atoms in total. The van der Waals surface area contributed by atoms with Crippen molar-refractivity contribution in [3.05, 3.63) is 77.0 Å². The number of β-lactam (4-membered cyclic amide) rings is 1. The van der Waals surface area contributed by atoms with Crippen LogP contribution in [0.4, 0.5) is 11.4 Å². The van der Waals surface area contributed by atoms with Gasteiger partial charge in [-0.25, -0.2) is 8.42 Å². The van der Waals surface area contributed by atoms with E-state index in [1.165, 1.54) is 11.2 Å². The van der Waals surface area contributed by atoms with E-state index in [-0.39, 0.29) is 24.5 Å². The Morgan fingerprint density at radius 2 is 1.71 bits per heavy atom. The zero-order valence-electron chi connectivity index (χ0n) is 30.5. The first-order valence-electron chi connectivity index (χ1n) is 18.1. The number of sulfonamides is 1. The van der Waals surface area contributed by atoms with Gasteiger partial charge in [0, 0.05) is 30.0 Å². The minimum absolute atomic E-state index is 0. The highest BCUT2D eigenvalue weighted by molar-refractivity contribution is 7.93. The number of carbonyl (C=O) groups excluding carboxylic acids is 3. The molecule has 274 valence electrons. The number of aliphatic hydroxyl groups is 1. The molecule has 9 rings (SSSR count). The highest BCUT2D eigenvalue weighted by atomic mass is 32.2. The molecule has 0 aromatic heterocycles. The van der Waals surface area contributed by atoms with Crippen molar-refractivity contribution in [2.24, 2.45) is 17.6 Å². The van der Waals surface area contributed by atoms with Crippen molar-refractivity contribution in [3.63, 3.8) is 0 Å². The first-order valence-corrected chi connectivity index (χ1v) is 19.5. The molecule has 3 aromatic rings. The number of nitrogens with one attached hydrogen (secondary N) is 1. The standard InChI is InChI=1S/C38H44N6O7S/c1-23-29(36(38(48)49)42-35(23)33(24(2)45)37(42)47)21-41-30-5-3-4-28-26(8-11-31(34(28)30)52(41,50)51)12-13-43-14-17-44(18-15-43,19-16-43)22-32(46)40-27-9-6-25(20-39)7-10-27/h3-11,23-24,33,35,45H,12-22,39H2,1-2H3/p+2/t23-,24?,33?,35?,43?,44?/m0/s1. The first kappa shape index (κ1) is 34.7. The van der Waals surface area contributed by atoms with Crippen LogP contribution in [0, 0.1) is 11.8 Å². The second-order valence-electron chi connectivity index (χ2n) is 15.5. The Kier molecular flexibility index (Phi) is 8.27. The maximum Gasteiger partial charge on any atom is 1.00 e. The molecule has 2 amide bonds. The van der Waals surface area contributed by atoms with Crippen molar-refractivity contribution in [2.45, 2.75) is 43.9 Å². The number of aliphatic carboxylic acids is 1. The fraction of sp³-hybridized carbons (Fsp3) is 0.447. The van der Waals surface area contributed by atoms with Crippen molar-refractivity contribution in [2.75, 3.05) is 68.5 Å². The predicted octanol–water partition coefficient (Wildman–Crippen LogP) is 0.623. The number of carboxylic acids is 1. The van der Waals surface area contributed by atoms with Crippen LogP contribution in [0.15, 0.2) is 70.8 Å². The number of hydrogen-bond acceptors (Lipinski definition) is 8. The second-order valence-corrected chi connectivity index (χ2v) is 17.3. The van der Waals surface area contributed by atoms with Gasteiger partial charge in [-0.2, -0.15) is 0 Å². The fourth-order valence-corrected chi connectivity index (χ4v) is 11.2. The molecular weight excluding hydrogens is 685 g/mol. The van der Waals surface area contributed by atoms with Crippen LogP contribution in [0.5, 0.6) is 0 Å². The molecule has 52 heavy (non-hydrogen) atoms. The van der Waals surface area contributed by atoms with E-state index in [9.17, 15) is 33.0 Å². The zero-order valence-corrected chi connectivity index (χ0v) is 30.3. The summed E-state index contributed by atoms with van der Waals surface area (Å²) in [7, 11) is -4.03. The minimum Gasteiger partial charge on any atom is -0.543 e. The SMILES string of the molecule is CC(O)C1C(=O)N2C(C(=O)[O-])=C(CN3c4cccc5c(CC[N+]67CC[N+](CC(=O)Nc8ccc(CN)cc8)(CC6)CC7)ccc(c45)S3(=O)=O)[C@H](C)C12.[H+]. The van der Waals surface area contributed by atoms with Gasteiger partial charge in [0.05, 0.1) is 53.4 Å². The smallest absolute Gasteiger partial charge is 0.543 e. The molecule has 3 unspecified atom stereocenters. The molecule has 0 spiro atoms. The molecule has 0 aliphatic carbocycles. The van der Waals surface area contributed by atoms with E-state index < -0.39 is 45.9 Å². The summed E-state index contributed by atoms with van der Waals surface area (Å²) >= 11 is 0. The van der Waals surface area contributed by atoms with Crippen LogP contribution in [-0.2, 0) is 37.4 Å². The second kappa shape index (κ2) is 12.4. The Morgan fingerprint density at radius 1 is 1.04 bits per heavy atom. The molecule has 6 heterocycles. The number of fused-ring (bicyclic) bond motifs is 4. The fourth-order valence-electron chi connectivity index (χ4n) is 9.58. The maximum atomic E-state index is 14.1. The molecule has 6 aliphatic heterocycles. The molecule has 14 heteroatoms. The number of anilines is 2. The topological polar surface area (TPSA) is 173 Å². The van der Waals surface area contributed by atoms with Crippen LogP contribution in [0.25, 0.3) is 10.8 Å². The first-order chi connectivity index (χ1) is 24.8. The van der Waals surface area contributed by atoms with Crippen molar-refractivity contribution < 1.29 is 43.4 Å². The molecule has 4 fully saturated rings. The number of piperazine rings is 3. The van der Waals surface area contributed by atoms with Crippen LogP contribution in [0.1, 0.15) is 26.4 Å². The van der Waals surface area contributed by atoms with Crippen molar-refractivity contribution in [1.29, 1.82) is 0 Å². The Morgan fingerprint density at radius 3 is 2.35 bits per heavy atom. The third kappa shape index (κ3) is 5.33. The number of amides is 2. The van der Waals surface area contributed by atoms with E-state index >= 15 is 0 Å². The average Bonchev–Trinajstić information content (AvgIpc) is 3.50. The highest BCUT2D eigenvalue weighted by Crippen LogP contribution is 2.50. The van der Waals surface area contributed by atoms with Crippen LogP contribution in [0.2, 0.25) is 0 Å². The number of quaternary nitrogens is 2. The summed E-state index contributed by atoms with van der Waals surface area (Å²) in [5.74, 6) is -3.24. The lowest BCUT2D eigenvalue weighted by atomic mass is 9.78. The van der Waals surface area contributed by atoms with Crippen molar-refractivity contribution >= 4 is 50.0 Å². The molecule has 4 N–H and O–H groups in total. The lowest BCUT2D eigenvalue weighted by molar-refractivity contribution is -1.08. The maximum absolute atomic E-state index is 14.1. The van der Waals surface area contributed by atoms with E-state index in [0.717, 1.165) is 88.3 Å². The van der Waals surface area contributed by atoms with E-state index in [4.69, 9.17) is 5.73 Å². The molecule has 0 radical (unpaired) electrons. The summed E-state index contributed by atoms with van der Waals surface area (Å²) in [5.41, 5.74) is 9.04. The normalized spacial score (nSPS) is 29.0. The van der Waals surface area contributed by atoms with Gasteiger partial charge < -0.3 is 39.9 Å². The Labute approximate surface area is 304 Å². The number of benzene rings is 3. The van der Waals surface area contributed by atoms with Gasteiger partial charge >= 0.3 is 1.43 Å². The summed E-state index contributed by atoms with van der Waals surface area (Å²) in [5, 5.41) is 27.1. The van der Waals surface area contributed by atoms with Gasteiger partial charge in [0.15, 0.2) is 6.54 Å². The van der Waals surface area contributed by atoms with Gasteiger partial charge in [-0.05, 0) is 53.3 Å². The molecule has 2 bridgehead atoms. The summed E-state index contributed by atoms with van der Waals surface area (Å²) in [6, 6.07) is 16.2. The summed E-state index contributed by atoms with van der Waals surface area (Å²) in [6.07, 6.45) is -0.208. The quantitative estimate of drug-likeness (QED) is 0.190. The van der Waals surface area contributed by atoms with E-state index in [2.05, 4.69) is 5.32 Å². The number of aliphatic hydroxyl groups excluding tert-OH is 1. The Hall–Kier alpha value is -4.34. The van der Waals surface area contributed by atoms with Gasteiger partial charge in [-0.15, -0.1) is 0 Å². The minimum atomic E-state index is -4.03. The largest absolute Gasteiger partial charge is 1.00 e. The molecule has 0 saturated carbocycles. The van der Waals surface area contributed by atoms with E-state index in [1.807, 2.05) is 42.5 Å². The molecule has 6 aliphatic rings. The van der Waals surface area contributed by atoms with Crippen LogP contribution in [0.3, 0.4) is 0 Å². The van der Waals surface area contributed by atoms with Crippen LogP contribution < -0.4 is 20.5 Å². The molecule has 4 atom stereocenters. The van der Waals surface area contributed by atoms with Crippen LogP contribution in [-0.4, -0.2) is 116 Å². The number of carbonyl (C=O) groups is 3. The summed E-state index contributed by atoms with van der Waals surface area (Å²) < 4.78 is 31.2. The van der Waals surface area contributed by atoms with Gasteiger partial charge in [0.2, 0.25) is 5.91 Å². The number of nitrogens with zero attached hydrogens (tertiary/aromatic N) is 4. The van der Waals surface area contributed by atoms with Crippen LogP contribution >= 0.6 is 0 Å². The van der Waals surface area contributed by atoms with Gasteiger partial charge in [-0.1, -0.05) is 37.3 Å².